The Morgan fingerprint density at radius 2 is 1.81 bits per heavy atom. The molecule has 21 heavy (non-hydrogen) atoms. The van der Waals surface area contributed by atoms with E-state index < -0.39 is 0 Å². The lowest BCUT2D eigenvalue weighted by Gasteiger charge is -2.36. The van der Waals surface area contributed by atoms with E-state index in [1.54, 1.807) is 12.0 Å². The first-order valence-corrected chi connectivity index (χ1v) is 6.80. The molecule has 0 radical (unpaired) electrons. The summed E-state index contributed by atoms with van der Waals surface area (Å²) in [4.78, 5) is 15.2. The number of hydrogen-bond donors (Lipinski definition) is 0. The van der Waals surface area contributed by atoms with Gasteiger partial charge in [0.15, 0.2) is 0 Å². The summed E-state index contributed by atoms with van der Waals surface area (Å²) in [7, 11) is 2.99. The minimum atomic E-state index is -0.312. The van der Waals surface area contributed by atoms with Gasteiger partial charge >= 0.3 is 6.09 Å². The standard InChI is InChI=1S/C15H19N3O3/c1-20-13-5-3-12(4-6-13)14(11-16)17-7-9-18(10-8-17)15(19)21-2/h3-6,14H,7-10H2,1-2H3. The molecule has 0 saturated carbocycles. The van der Waals surface area contributed by atoms with Crippen LogP contribution in [-0.4, -0.2) is 56.3 Å². The van der Waals surface area contributed by atoms with Gasteiger partial charge in [0.1, 0.15) is 11.8 Å². The average molecular weight is 289 g/mol. The molecule has 0 spiro atoms. The summed E-state index contributed by atoms with van der Waals surface area (Å²) in [6.45, 7) is 2.45. The van der Waals surface area contributed by atoms with Crippen molar-refractivity contribution in [3.8, 4) is 11.8 Å². The van der Waals surface area contributed by atoms with E-state index >= 15 is 0 Å². The number of amides is 1. The Labute approximate surface area is 124 Å². The molecule has 1 aromatic rings. The van der Waals surface area contributed by atoms with Crippen molar-refractivity contribution in [2.75, 3.05) is 40.4 Å². The quantitative estimate of drug-likeness (QED) is 0.846. The number of rotatable bonds is 3. The maximum absolute atomic E-state index is 11.5. The average Bonchev–Trinajstić information content (AvgIpc) is 2.56. The van der Waals surface area contributed by atoms with Gasteiger partial charge < -0.3 is 14.4 Å². The van der Waals surface area contributed by atoms with E-state index in [2.05, 4.69) is 11.0 Å². The zero-order chi connectivity index (χ0) is 15.2. The summed E-state index contributed by atoms with van der Waals surface area (Å²) >= 11 is 0. The van der Waals surface area contributed by atoms with Crippen LogP contribution in [0.15, 0.2) is 24.3 Å². The highest BCUT2D eigenvalue weighted by atomic mass is 16.5. The molecule has 0 aliphatic carbocycles. The molecule has 0 bridgehead atoms. The maximum atomic E-state index is 11.5. The third-order valence-corrected chi connectivity index (χ3v) is 3.67. The second-order valence-electron chi connectivity index (χ2n) is 4.80. The molecular formula is C15H19N3O3. The molecule has 1 atom stereocenters. The molecule has 6 nitrogen and oxygen atoms in total. The topological polar surface area (TPSA) is 65.8 Å². The molecule has 1 amide bonds. The third kappa shape index (κ3) is 3.44. The number of piperazine rings is 1. The van der Waals surface area contributed by atoms with Gasteiger partial charge in [-0.2, -0.15) is 5.26 Å². The first-order chi connectivity index (χ1) is 10.2. The molecule has 1 aliphatic rings. The predicted molar refractivity (Wildman–Crippen MR) is 76.9 cm³/mol. The SMILES string of the molecule is COC(=O)N1CCN(C(C#N)c2ccc(OC)cc2)CC1. The van der Waals surface area contributed by atoms with E-state index in [9.17, 15) is 10.1 Å². The molecule has 1 unspecified atom stereocenters. The molecule has 0 N–H and O–H groups in total. The summed E-state index contributed by atoms with van der Waals surface area (Å²) in [5.74, 6) is 0.769. The van der Waals surface area contributed by atoms with Crippen molar-refractivity contribution in [2.45, 2.75) is 6.04 Å². The third-order valence-electron chi connectivity index (χ3n) is 3.67. The van der Waals surface area contributed by atoms with E-state index in [1.807, 2.05) is 24.3 Å². The summed E-state index contributed by atoms with van der Waals surface area (Å²) in [6.07, 6.45) is -0.312. The molecule has 6 heteroatoms. The number of ether oxygens (including phenoxy) is 2. The van der Waals surface area contributed by atoms with Gasteiger partial charge in [-0.25, -0.2) is 4.79 Å². The fourth-order valence-electron chi connectivity index (χ4n) is 2.44. The number of benzene rings is 1. The number of carbonyl (C=O) groups excluding carboxylic acids is 1. The summed E-state index contributed by atoms with van der Waals surface area (Å²) in [6, 6.07) is 9.53. The van der Waals surface area contributed by atoms with Crippen LogP contribution in [0.3, 0.4) is 0 Å². The first kappa shape index (κ1) is 15.1. The normalized spacial score (nSPS) is 16.9. The smallest absolute Gasteiger partial charge is 0.409 e. The van der Waals surface area contributed by atoms with Crippen LogP contribution in [0, 0.1) is 11.3 Å². The Morgan fingerprint density at radius 3 is 2.29 bits per heavy atom. The molecule has 112 valence electrons. The minimum Gasteiger partial charge on any atom is -0.497 e. The van der Waals surface area contributed by atoms with Crippen LogP contribution < -0.4 is 4.74 Å². The zero-order valence-corrected chi connectivity index (χ0v) is 12.3. The fraction of sp³-hybridized carbons (Fsp3) is 0.467. The van der Waals surface area contributed by atoms with E-state index in [4.69, 9.17) is 9.47 Å². The van der Waals surface area contributed by atoms with Crippen molar-refractivity contribution >= 4 is 6.09 Å². The van der Waals surface area contributed by atoms with Gasteiger partial charge in [0.25, 0.3) is 0 Å². The van der Waals surface area contributed by atoms with Crippen LogP contribution in [0.1, 0.15) is 11.6 Å². The predicted octanol–water partition coefficient (Wildman–Crippen LogP) is 1.64. The molecule has 1 heterocycles. The zero-order valence-electron chi connectivity index (χ0n) is 12.3. The Hall–Kier alpha value is -2.26. The van der Waals surface area contributed by atoms with Crippen molar-refractivity contribution in [1.29, 1.82) is 5.26 Å². The number of hydrogen-bond acceptors (Lipinski definition) is 5. The van der Waals surface area contributed by atoms with Gasteiger partial charge in [-0.3, -0.25) is 4.90 Å². The van der Waals surface area contributed by atoms with E-state index in [-0.39, 0.29) is 12.1 Å². The van der Waals surface area contributed by atoms with Crippen LogP contribution >= 0.6 is 0 Å². The van der Waals surface area contributed by atoms with Gasteiger partial charge in [-0.15, -0.1) is 0 Å². The second-order valence-corrected chi connectivity index (χ2v) is 4.80. The number of nitrogens with zero attached hydrogens (tertiary/aromatic N) is 3. The first-order valence-electron chi connectivity index (χ1n) is 6.80. The Morgan fingerprint density at radius 1 is 1.19 bits per heavy atom. The van der Waals surface area contributed by atoms with E-state index in [0.29, 0.717) is 26.2 Å². The minimum absolute atomic E-state index is 0.310. The lowest BCUT2D eigenvalue weighted by atomic mass is 10.1. The van der Waals surface area contributed by atoms with Gasteiger partial charge in [0.05, 0.1) is 20.3 Å². The number of nitriles is 1. The van der Waals surface area contributed by atoms with Crippen LogP contribution in [0.25, 0.3) is 0 Å². The van der Waals surface area contributed by atoms with Crippen LogP contribution in [0.5, 0.6) is 5.75 Å². The summed E-state index contributed by atoms with van der Waals surface area (Å²) < 4.78 is 9.84. The molecule has 1 fully saturated rings. The van der Waals surface area contributed by atoms with Crippen molar-refractivity contribution in [3.05, 3.63) is 29.8 Å². The lowest BCUT2D eigenvalue weighted by Crippen LogP contribution is -2.49. The fourth-order valence-corrected chi connectivity index (χ4v) is 2.44. The molecule has 1 aromatic carbocycles. The Kier molecular flexibility index (Phi) is 5.01. The largest absolute Gasteiger partial charge is 0.497 e. The van der Waals surface area contributed by atoms with Crippen LogP contribution in [0.4, 0.5) is 4.79 Å². The van der Waals surface area contributed by atoms with Crippen molar-refractivity contribution in [2.24, 2.45) is 0 Å². The van der Waals surface area contributed by atoms with Crippen molar-refractivity contribution in [3.63, 3.8) is 0 Å². The van der Waals surface area contributed by atoms with Gasteiger partial charge in [0.2, 0.25) is 0 Å². The second kappa shape index (κ2) is 6.95. The highest BCUT2D eigenvalue weighted by molar-refractivity contribution is 5.67. The maximum Gasteiger partial charge on any atom is 0.409 e. The molecule has 1 saturated heterocycles. The van der Waals surface area contributed by atoms with E-state index in [1.165, 1.54) is 7.11 Å². The molecule has 2 rings (SSSR count). The summed E-state index contributed by atoms with van der Waals surface area (Å²) in [5.41, 5.74) is 0.935. The molecule has 1 aliphatic heterocycles. The highest BCUT2D eigenvalue weighted by Gasteiger charge is 2.27. The van der Waals surface area contributed by atoms with Gasteiger partial charge in [-0.1, -0.05) is 12.1 Å². The molecule has 0 aromatic heterocycles. The number of methoxy groups -OCH3 is 2. The van der Waals surface area contributed by atoms with Gasteiger partial charge in [0, 0.05) is 26.2 Å². The van der Waals surface area contributed by atoms with Crippen LogP contribution in [-0.2, 0) is 4.74 Å². The Bertz CT molecular complexity index is 516. The summed E-state index contributed by atoms with van der Waals surface area (Å²) in [5, 5.41) is 9.45. The highest BCUT2D eigenvalue weighted by Crippen LogP contribution is 2.23. The lowest BCUT2D eigenvalue weighted by molar-refractivity contribution is 0.0834. The van der Waals surface area contributed by atoms with E-state index in [0.717, 1.165) is 11.3 Å². The Balaban J connectivity index is 2.02. The van der Waals surface area contributed by atoms with Crippen molar-refractivity contribution < 1.29 is 14.3 Å². The number of carbonyl (C=O) groups is 1. The van der Waals surface area contributed by atoms with Crippen molar-refractivity contribution in [1.82, 2.24) is 9.80 Å². The molecular weight excluding hydrogens is 270 g/mol. The van der Waals surface area contributed by atoms with Crippen LogP contribution in [0.2, 0.25) is 0 Å². The van der Waals surface area contributed by atoms with Gasteiger partial charge in [-0.05, 0) is 17.7 Å². The monoisotopic (exact) mass is 289 g/mol.